The number of nitrogens with zero attached hydrogens (tertiary/aromatic N) is 1. The molecule has 152 valence electrons. The summed E-state index contributed by atoms with van der Waals surface area (Å²) >= 11 is 0. The van der Waals surface area contributed by atoms with E-state index < -0.39 is 6.10 Å². The highest BCUT2D eigenvalue weighted by Gasteiger charge is 2.28. The molecule has 4 heteroatoms. The molecular formula is C24H33NO3. The van der Waals surface area contributed by atoms with Crippen LogP contribution in [0, 0.1) is 12.8 Å². The lowest BCUT2D eigenvalue weighted by molar-refractivity contribution is 0.0372. The first-order valence-electron chi connectivity index (χ1n) is 10.2. The van der Waals surface area contributed by atoms with Crippen LogP contribution in [0.4, 0.5) is 0 Å². The van der Waals surface area contributed by atoms with Gasteiger partial charge in [-0.05, 0) is 75.4 Å². The van der Waals surface area contributed by atoms with Crippen LogP contribution in [0.15, 0.2) is 42.5 Å². The highest BCUT2D eigenvalue weighted by molar-refractivity contribution is 5.43. The summed E-state index contributed by atoms with van der Waals surface area (Å²) in [5, 5.41) is 10.9. The summed E-state index contributed by atoms with van der Waals surface area (Å²) in [6.45, 7) is 6.30. The van der Waals surface area contributed by atoms with E-state index in [1.165, 1.54) is 24.0 Å². The standard InChI is InChI=1S/C24H33NO3/c1-17-5-7-19(8-6-17)15-20-11-13-25(14-12-20)18(2)24(26)21-9-10-22(27-3)23(16-21)28-4/h5-10,16,18,20,24,26H,11-15H2,1-4H3. The fourth-order valence-corrected chi connectivity index (χ4v) is 4.14. The van der Waals surface area contributed by atoms with E-state index in [4.69, 9.17) is 9.47 Å². The molecule has 0 radical (unpaired) electrons. The predicted octanol–water partition coefficient (Wildman–Crippen LogP) is 4.39. The normalized spacial score (nSPS) is 17.9. The zero-order chi connectivity index (χ0) is 20.1. The number of methoxy groups -OCH3 is 2. The van der Waals surface area contributed by atoms with Crippen LogP contribution >= 0.6 is 0 Å². The van der Waals surface area contributed by atoms with E-state index >= 15 is 0 Å². The molecule has 28 heavy (non-hydrogen) atoms. The van der Waals surface area contributed by atoms with Crippen molar-refractivity contribution in [3.05, 3.63) is 59.2 Å². The third kappa shape index (κ3) is 4.86. The van der Waals surface area contributed by atoms with Crippen LogP contribution in [0.1, 0.15) is 42.6 Å². The molecule has 1 N–H and O–H groups in total. The average Bonchev–Trinajstić information content (AvgIpc) is 2.74. The molecule has 2 atom stereocenters. The smallest absolute Gasteiger partial charge is 0.161 e. The second-order valence-electron chi connectivity index (χ2n) is 7.97. The number of piperidine rings is 1. The van der Waals surface area contributed by atoms with Crippen LogP contribution in [0.25, 0.3) is 0 Å². The highest BCUT2D eigenvalue weighted by Crippen LogP contribution is 2.33. The zero-order valence-corrected chi connectivity index (χ0v) is 17.5. The largest absolute Gasteiger partial charge is 0.493 e. The van der Waals surface area contributed by atoms with E-state index in [0.29, 0.717) is 11.5 Å². The molecule has 0 spiro atoms. The summed E-state index contributed by atoms with van der Waals surface area (Å²) in [7, 11) is 3.24. The number of aliphatic hydroxyl groups excluding tert-OH is 1. The third-order valence-electron chi connectivity index (χ3n) is 6.08. The van der Waals surface area contributed by atoms with Gasteiger partial charge in [0.1, 0.15) is 0 Å². The molecule has 4 nitrogen and oxygen atoms in total. The summed E-state index contributed by atoms with van der Waals surface area (Å²) in [4.78, 5) is 2.41. The lowest BCUT2D eigenvalue weighted by Gasteiger charge is -2.38. The summed E-state index contributed by atoms with van der Waals surface area (Å²) < 4.78 is 10.7. The molecule has 2 unspecified atom stereocenters. The Morgan fingerprint density at radius 2 is 1.64 bits per heavy atom. The average molecular weight is 384 g/mol. The lowest BCUT2D eigenvalue weighted by Crippen LogP contribution is -2.43. The van der Waals surface area contributed by atoms with Crippen molar-refractivity contribution in [1.82, 2.24) is 4.90 Å². The highest BCUT2D eigenvalue weighted by atomic mass is 16.5. The summed E-state index contributed by atoms with van der Waals surface area (Å²) in [5.74, 6) is 2.07. The molecule has 0 aromatic heterocycles. The monoisotopic (exact) mass is 383 g/mol. The molecule has 0 bridgehead atoms. The maximum Gasteiger partial charge on any atom is 0.161 e. The Balaban J connectivity index is 1.57. The van der Waals surface area contributed by atoms with Crippen molar-refractivity contribution in [2.24, 2.45) is 5.92 Å². The first-order chi connectivity index (χ1) is 13.5. The van der Waals surface area contributed by atoms with Gasteiger partial charge >= 0.3 is 0 Å². The van der Waals surface area contributed by atoms with Crippen LogP contribution in [0.3, 0.4) is 0 Å². The summed E-state index contributed by atoms with van der Waals surface area (Å²) in [6, 6.07) is 14.6. The molecule has 1 aliphatic heterocycles. The number of aliphatic hydroxyl groups is 1. The first-order valence-corrected chi connectivity index (χ1v) is 10.2. The van der Waals surface area contributed by atoms with Crippen molar-refractivity contribution in [2.75, 3.05) is 27.3 Å². The minimum absolute atomic E-state index is 0.0680. The maximum absolute atomic E-state index is 10.9. The quantitative estimate of drug-likeness (QED) is 0.770. The van der Waals surface area contributed by atoms with Gasteiger partial charge in [0.05, 0.1) is 20.3 Å². The molecule has 2 aromatic rings. The van der Waals surface area contributed by atoms with E-state index in [2.05, 4.69) is 43.0 Å². The van der Waals surface area contributed by atoms with E-state index in [9.17, 15) is 5.11 Å². The number of hydrogen-bond donors (Lipinski definition) is 1. The molecule has 1 aliphatic rings. The Bertz CT molecular complexity index is 751. The zero-order valence-electron chi connectivity index (χ0n) is 17.5. The van der Waals surface area contributed by atoms with Gasteiger partial charge in [0, 0.05) is 6.04 Å². The van der Waals surface area contributed by atoms with Gasteiger partial charge in [-0.3, -0.25) is 4.90 Å². The van der Waals surface area contributed by atoms with Gasteiger partial charge in [0.25, 0.3) is 0 Å². The molecule has 1 heterocycles. The molecule has 0 saturated carbocycles. The minimum atomic E-state index is -0.548. The van der Waals surface area contributed by atoms with E-state index in [-0.39, 0.29) is 6.04 Å². The minimum Gasteiger partial charge on any atom is -0.493 e. The molecule has 2 aromatic carbocycles. The molecule has 0 aliphatic carbocycles. The summed E-state index contributed by atoms with van der Waals surface area (Å²) in [6.07, 6.45) is 2.96. The number of rotatable bonds is 7. The SMILES string of the molecule is COc1ccc(C(O)C(C)N2CCC(Cc3ccc(C)cc3)CC2)cc1OC. The number of benzene rings is 2. The fourth-order valence-electron chi connectivity index (χ4n) is 4.14. The van der Waals surface area contributed by atoms with Crippen molar-refractivity contribution in [2.45, 2.75) is 45.3 Å². The van der Waals surface area contributed by atoms with E-state index in [0.717, 1.165) is 31.0 Å². The second-order valence-corrected chi connectivity index (χ2v) is 7.97. The Kier molecular flexibility index (Phi) is 6.97. The third-order valence-corrected chi connectivity index (χ3v) is 6.08. The van der Waals surface area contributed by atoms with Crippen molar-refractivity contribution in [1.29, 1.82) is 0 Å². The second kappa shape index (κ2) is 9.44. The van der Waals surface area contributed by atoms with Gasteiger partial charge in [-0.25, -0.2) is 0 Å². The predicted molar refractivity (Wildman–Crippen MR) is 113 cm³/mol. The number of likely N-dealkylation sites (tertiary alicyclic amines) is 1. The molecule has 3 rings (SSSR count). The van der Waals surface area contributed by atoms with Gasteiger partial charge in [-0.15, -0.1) is 0 Å². The van der Waals surface area contributed by atoms with Crippen molar-refractivity contribution < 1.29 is 14.6 Å². The molecular weight excluding hydrogens is 350 g/mol. The van der Waals surface area contributed by atoms with Crippen molar-refractivity contribution in [3.8, 4) is 11.5 Å². The molecule has 0 amide bonds. The fraction of sp³-hybridized carbons (Fsp3) is 0.500. The maximum atomic E-state index is 10.9. The van der Waals surface area contributed by atoms with Gasteiger partial charge in [0.2, 0.25) is 0 Å². The Morgan fingerprint density at radius 1 is 1.00 bits per heavy atom. The first kappa shape index (κ1) is 20.7. The Morgan fingerprint density at radius 3 is 2.25 bits per heavy atom. The molecule has 1 saturated heterocycles. The van der Waals surface area contributed by atoms with Gasteiger partial charge in [0.15, 0.2) is 11.5 Å². The summed E-state index contributed by atoms with van der Waals surface area (Å²) in [5.41, 5.74) is 3.62. The number of hydrogen-bond acceptors (Lipinski definition) is 4. The van der Waals surface area contributed by atoms with E-state index in [1.807, 2.05) is 18.2 Å². The van der Waals surface area contributed by atoms with Gasteiger partial charge in [-0.2, -0.15) is 0 Å². The van der Waals surface area contributed by atoms with Crippen LogP contribution in [-0.4, -0.2) is 43.4 Å². The van der Waals surface area contributed by atoms with Crippen LogP contribution in [0.2, 0.25) is 0 Å². The van der Waals surface area contributed by atoms with Crippen LogP contribution in [-0.2, 0) is 6.42 Å². The Labute approximate surface area is 169 Å². The van der Waals surface area contributed by atoms with Crippen molar-refractivity contribution in [3.63, 3.8) is 0 Å². The topological polar surface area (TPSA) is 41.9 Å². The Hall–Kier alpha value is -2.04. The van der Waals surface area contributed by atoms with E-state index in [1.54, 1.807) is 14.2 Å². The molecule has 1 fully saturated rings. The van der Waals surface area contributed by atoms with Gasteiger partial charge < -0.3 is 14.6 Å². The van der Waals surface area contributed by atoms with Gasteiger partial charge in [-0.1, -0.05) is 35.9 Å². The van der Waals surface area contributed by atoms with Crippen LogP contribution < -0.4 is 9.47 Å². The lowest BCUT2D eigenvalue weighted by atomic mass is 9.88. The van der Waals surface area contributed by atoms with Crippen molar-refractivity contribution >= 4 is 0 Å². The number of ether oxygens (including phenoxy) is 2. The number of aryl methyl sites for hydroxylation is 1. The van der Waals surface area contributed by atoms with Crippen LogP contribution in [0.5, 0.6) is 11.5 Å².